The molecule has 0 bridgehead atoms. The van der Waals surface area contributed by atoms with Crippen LogP contribution in [0.15, 0.2) is 15.8 Å². The van der Waals surface area contributed by atoms with Crippen LogP contribution in [0.1, 0.15) is 6.92 Å². The van der Waals surface area contributed by atoms with Gasteiger partial charge in [0, 0.05) is 12.7 Å². The topological polar surface area (TPSA) is 54.9 Å². The fraction of sp³-hybridized carbons (Fsp3) is 0.333. The van der Waals surface area contributed by atoms with Crippen molar-refractivity contribution in [1.29, 1.82) is 0 Å². The van der Waals surface area contributed by atoms with Crippen molar-refractivity contribution < 1.29 is 0 Å². The molecular weight excluding hydrogens is 168 g/mol. The number of aryl methyl sites for hydroxylation is 1. The molecule has 0 aliphatic rings. The van der Waals surface area contributed by atoms with Crippen LogP contribution in [0, 0.1) is 0 Å². The predicted molar refractivity (Wildman–Crippen MR) is 42.0 cm³/mol. The van der Waals surface area contributed by atoms with E-state index in [1.807, 2.05) is 0 Å². The molecule has 0 radical (unpaired) electrons. The molecule has 0 aromatic carbocycles. The Morgan fingerprint density at radius 1 is 1.64 bits per heavy atom. The van der Waals surface area contributed by atoms with Gasteiger partial charge in [-0.05, 0) is 6.92 Å². The Labute approximate surface area is 67.4 Å². The minimum atomic E-state index is -0.540. The minimum absolute atomic E-state index is 0.0338. The van der Waals surface area contributed by atoms with Gasteiger partial charge in [0.1, 0.15) is 5.02 Å². The first-order chi connectivity index (χ1) is 5.15. The average molecular weight is 175 g/mol. The SMILES string of the molecule is CCn1cc(Cl)c(=O)[nH]c1=O. The van der Waals surface area contributed by atoms with Crippen LogP contribution < -0.4 is 11.2 Å². The molecule has 5 heteroatoms. The fourth-order valence-corrected chi connectivity index (χ4v) is 0.883. The van der Waals surface area contributed by atoms with E-state index < -0.39 is 11.2 Å². The quantitative estimate of drug-likeness (QED) is 0.662. The van der Waals surface area contributed by atoms with Gasteiger partial charge in [0.05, 0.1) is 0 Å². The smallest absolute Gasteiger partial charge is 0.299 e. The summed E-state index contributed by atoms with van der Waals surface area (Å²) in [5, 5.41) is 0.0338. The standard InChI is InChI=1S/C6H7ClN2O2/c1-2-9-3-4(7)5(10)8-6(9)11/h3H,2H2,1H3,(H,8,10,11). The Kier molecular flexibility index (Phi) is 2.14. The van der Waals surface area contributed by atoms with Gasteiger partial charge in [0.2, 0.25) is 0 Å². The van der Waals surface area contributed by atoms with Crippen LogP contribution in [-0.4, -0.2) is 9.55 Å². The first-order valence-electron chi connectivity index (χ1n) is 3.14. The lowest BCUT2D eigenvalue weighted by atomic mass is 10.6. The third-order valence-corrected chi connectivity index (χ3v) is 1.58. The van der Waals surface area contributed by atoms with Gasteiger partial charge >= 0.3 is 5.69 Å². The lowest BCUT2D eigenvalue weighted by Crippen LogP contribution is -2.28. The second-order valence-electron chi connectivity index (χ2n) is 2.02. The van der Waals surface area contributed by atoms with Gasteiger partial charge in [-0.3, -0.25) is 14.3 Å². The van der Waals surface area contributed by atoms with Crippen LogP contribution in [0.2, 0.25) is 5.02 Å². The van der Waals surface area contributed by atoms with Crippen LogP contribution in [0.3, 0.4) is 0 Å². The van der Waals surface area contributed by atoms with Crippen molar-refractivity contribution in [2.24, 2.45) is 0 Å². The summed E-state index contributed by atoms with van der Waals surface area (Å²) in [5.74, 6) is 0. The fourth-order valence-electron chi connectivity index (χ4n) is 0.718. The summed E-state index contributed by atoms with van der Waals surface area (Å²) in [6.07, 6.45) is 1.32. The normalized spacial score (nSPS) is 10.0. The van der Waals surface area contributed by atoms with Crippen molar-refractivity contribution in [3.8, 4) is 0 Å². The van der Waals surface area contributed by atoms with E-state index in [9.17, 15) is 9.59 Å². The molecule has 60 valence electrons. The Bertz CT molecular complexity index is 366. The highest BCUT2D eigenvalue weighted by Crippen LogP contribution is 1.94. The van der Waals surface area contributed by atoms with E-state index in [2.05, 4.69) is 4.98 Å². The van der Waals surface area contributed by atoms with Crippen molar-refractivity contribution in [3.05, 3.63) is 32.1 Å². The second-order valence-corrected chi connectivity index (χ2v) is 2.43. The molecule has 0 aliphatic carbocycles. The molecule has 1 heterocycles. The number of aromatic nitrogens is 2. The van der Waals surface area contributed by atoms with Crippen LogP contribution in [-0.2, 0) is 6.54 Å². The highest BCUT2D eigenvalue weighted by Gasteiger charge is 1.98. The van der Waals surface area contributed by atoms with Crippen molar-refractivity contribution in [2.45, 2.75) is 13.5 Å². The number of nitrogens with zero attached hydrogens (tertiary/aromatic N) is 1. The summed E-state index contributed by atoms with van der Waals surface area (Å²) in [6.45, 7) is 2.28. The zero-order valence-corrected chi connectivity index (χ0v) is 6.68. The first-order valence-corrected chi connectivity index (χ1v) is 3.52. The van der Waals surface area contributed by atoms with E-state index in [0.29, 0.717) is 6.54 Å². The molecule has 1 aromatic rings. The summed E-state index contributed by atoms with van der Waals surface area (Å²) >= 11 is 5.46. The van der Waals surface area contributed by atoms with Crippen LogP contribution in [0.5, 0.6) is 0 Å². The van der Waals surface area contributed by atoms with Gasteiger partial charge in [0.25, 0.3) is 5.56 Å². The Hall–Kier alpha value is -1.03. The van der Waals surface area contributed by atoms with Gasteiger partial charge in [-0.15, -0.1) is 0 Å². The number of nitrogens with one attached hydrogen (secondary N) is 1. The molecule has 0 amide bonds. The number of halogens is 1. The zero-order chi connectivity index (χ0) is 8.43. The van der Waals surface area contributed by atoms with Crippen LogP contribution >= 0.6 is 11.6 Å². The number of aromatic amines is 1. The van der Waals surface area contributed by atoms with Gasteiger partial charge in [-0.2, -0.15) is 0 Å². The van der Waals surface area contributed by atoms with Crippen molar-refractivity contribution in [3.63, 3.8) is 0 Å². The van der Waals surface area contributed by atoms with Crippen molar-refractivity contribution in [2.75, 3.05) is 0 Å². The predicted octanol–water partition coefficient (Wildman–Crippen LogP) is 0.210. The highest BCUT2D eigenvalue weighted by atomic mass is 35.5. The molecule has 0 saturated heterocycles. The largest absolute Gasteiger partial charge is 0.328 e. The summed E-state index contributed by atoms with van der Waals surface area (Å²) in [6, 6.07) is 0. The molecule has 0 aliphatic heterocycles. The van der Waals surface area contributed by atoms with E-state index in [1.165, 1.54) is 10.8 Å². The number of hydrogen-bond donors (Lipinski definition) is 1. The molecular formula is C6H7ClN2O2. The van der Waals surface area contributed by atoms with Crippen molar-refractivity contribution in [1.82, 2.24) is 9.55 Å². The van der Waals surface area contributed by atoms with Gasteiger partial charge < -0.3 is 0 Å². The maximum atomic E-state index is 10.9. The second kappa shape index (κ2) is 2.92. The average Bonchev–Trinajstić information content (AvgIpc) is 1.97. The zero-order valence-electron chi connectivity index (χ0n) is 5.93. The highest BCUT2D eigenvalue weighted by molar-refractivity contribution is 6.30. The van der Waals surface area contributed by atoms with Crippen molar-refractivity contribution >= 4 is 11.6 Å². The maximum absolute atomic E-state index is 10.9. The lowest BCUT2D eigenvalue weighted by molar-refractivity contribution is 0.693. The minimum Gasteiger partial charge on any atom is -0.299 e. The molecule has 0 unspecified atom stereocenters. The summed E-state index contributed by atoms with van der Waals surface area (Å²) in [7, 11) is 0. The van der Waals surface area contributed by atoms with E-state index >= 15 is 0 Å². The van der Waals surface area contributed by atoms with Gasteiger partial charge in [-0.1, -0.05) is 11.6 Å². The Morgan fingerprint density at radius 3 is 2.82 bits per heavy atom. The third-order valence-electron chi connectivity index (χ3n) is 1.31. The molecule has 0 spiro atoms. The van der Waals surface area contributed by atoms with Crippen LogP contribution in [0.25, 0.3) is 0 Å². The number of H-pyrrole nitrogens is 1. The van der Waals surface area contributed by atoms with E-state index in [0.717, 1.165) is 0 Å². The Balaban J connectivity index is 3.45. The first kappa shape index (κ1) is 8.07. The molecule has 1 N–H and O–H groups in total. The summed E-state index contributed by atoms with van der Waals surface area (Å²) in [4.78, 5) is 23.7. The summed E-state index contributed by atoms with van der Waals surface area (Å²) < 4.78 is 1.32. The van der Waals surface area contributed by atoms with Gasteiger partial charge in [-0.25, -0.2) is 4.79 Å². The molecule has 1 rings (SSSR count). The molecule has 11 heavy (non-hydrogen) atoms. The molecule has 0 atom stereocenters. The molecule has 0 fully saturated rings. The van der Waals surface area contributed by atoms with Crippen LogP contribution in [0.4, 0.5) is 0 Å². The lowest BCUT2D eigenvalue weighted by Gasteiger charge is -1.98. The number of rotatable bonds is 1. The van der Waals surface area contributed by atoms with E-state index in [4.69, 9.17) is 11.6 Å². The maximum Gasteiger partial charge on any atom is 0.328 e. The number of hydrogen-bond acceptors (Lipinski definition) is 2. The monoisotopic (exact) mass is 174 g/mol. The third kappa shape index (κ3) is 1.51. The summed E-state index contributed by atoms with van der Waals surface area (Å²) in [5.41, 5.74) is -0.969. The molecule has 1 aromatic heterocycles. The van der Waals surface area contributed by atoms with E-state index in [1.54, 1.807) is 6.92 Å². The Morgan fingerprint density at radius 2 is 2.27 bits per heavy atom. The molecule has 4 nitrogen and oxygen atoms in total. The van der Waals surface area contributed by atoms with E-state index in [-0.39, 0.29) is 5.02 Å². The van der Waals surface area contributed by atoms with Gasteiger partial charge in [0.15, 0.2) is 0 Å². The molecule has 0 saturated carbocycles.